The van der Waals surface area contributed by atoms with E-state index in [0.29, 0.717) is 0 Å². The summed E-state index contributed by atoms with van der Waals surface area (Å²) in [6, 6.07) is 9.91. The maximum atomic E-state index is 10.7. The monoisotopic (exact) mass is 189 g/mol. The first kappa shape index (κ1) is 10.5. The van der Waals surface area contributed by atoms with Crippen LogP contribution in [0.4, 0.5) is 0 Å². The van der Waals surface area contributed by atoms with Gasteiger partial charge in [0.25, 0.3) is 0 Å². The molecular weight excluding hydrogens is 174 g/mol. The lowest BCUT2D eigenvalue weighted by molar-refractivity contribution is -0.104. The van der Waals surface area contributed by atoms with Gasteiger partial charge < -0.3 is 4.90 Å². The molecule has 0 radical (unpaired) electrons. The van der Waals surface area contributed by atoms with Crippen molar-refractivity contribution in [2.75, 3.05) is 14.1 Å². The van der Waals surface area contributed by atoms with E-state index < -0.39 is 0 Å². The van der Waals surface area contributed by atoms with E-state index in [1.54, 1.807) is 0 Å². The first-order valence-electron chi connectivity index (χ1n) is 4.55. The molecule has 1 rings (SSSR count). The van der Waals surface area contributed by atoms with Gasteiger partial charge in [0.2, 0.25) is 0 Å². The van der Waals surface area contributed by atoms with Gasteiger partial charge in [0.15, 0.2) is 0 Å². The third kappa shape index (κ3) is 2.22. The van der Waals surface area contributed by atoms with E-state index in [-0.39, 0.29) is 0 Å². The van der Waals surface area contributed by atoms with Gasteiger partial charge in [-0.2, -0.15) is 0 Å². The molecule has 0 aliphatic carbocycles. The van der Waals surface area contributed by atoms with Crippen molar-refractivity contribution in [2.24, 2.45) is 0 Å². The molecule has 0 atom stereocenters. The Hall–Kier alpha value is -1.57. The van der Waals surface area contributed by atoms with Crippen LogP contribution in [0.1, 0.15) is 12.5 Å². The molecule has 74 valence electrons. The summed E-state index contributed by atoms with van der Waals surface area (Å²) in [6.45, 7) is 1.83. The Morgan fingerprint density at radius 3 is 2.21 bits per heavy atom. The summed E-state index contributed by atoms with van der Waals surface area (Å²) in [6.07, 6.45) is 0.891. The summed E-state index contributed by atoms with van der Waals surface area (Å²) < 4.78 is 0. The number of carbonyl (C=O) groups is 1. The fourth-order valence-electron chi connectivity index (χ4n) is 1.49. The van der Waals surface area contributed by atoms with Gasteiger partial charge >= 0.3 is 0 Å². The molecule has 0 aliphatic rings. The van der Waals surface area contributed by atoms with Crippen LogP contribution in [0.5, 0.6) is 0 Å². The highest BCUT2D eigenvalue weighted by Crippen LogP contribution is 2.19. The highest BCUT2D eigenvalue weighted by atomic mass is 16.1. The average molecular weight is 189 g/mol. The summed E-state index contributed by atoms with van der Waals surface area (Å²) in [5.74, 6) is 0. The number of nitrogens with zero attached hydrogens (tertiary/aromatic N) is 1. The topological polar surface area (TPSA) is 20.3 Å². The lowest BCUT2D eigenvalue weighted by Gasteiger charge is -2.18. The zero-order chi connectivity index (χ0) is 10.6. The summed E-state index contributed by atoms with van der Waals surface area (Å²) in [4.78, 5) is 12.7. The molecule has 1 aromatic rings. The molecule has 0 saturated heterocycles. The second kappa shape index (κ2) is 4.61. The molecular formula is C12H15NO. The summed E-state index contributed by atoms with van der Waals surface area (Å²) in [7, 11) is 3.88. The summed E-state index contributed by atoms with van der Waals surface area (Å²) >= 11 is 0. The van der Waals surface area contributed by atoms with E-state index in [2.05, 4.69) is 0 Å². The molecule has 0 spiro atoms. The minimum atomic E-state index is 0.751. The van der Waals surface area contributed by atoms with Crippen molar-refractivity contribution in [2.45, 2.75) is 6.92 Å². The van der Waals surface area contributed by atoms with Crippen molar-refractivity contribution in [1.82, 2.24) is 4.90 Å². The van der Waals surface area contributed by atoms with Gasteiger partial charge in [-0.1, -0.05) is 30.3 Å². The zero-order valence-corrected chi connectivity index (χ0v) is 8.82. The van der Waals surface area contributed by atoms with Crippen LogP contribution >= 0.6 is 0 Å². The molecule has 0 aromatic heterocycles. The van der Waals surface area contributed by atoms with Crippen molar-refractivity contribution < 1.29 is 4.79 Å². The Bertz CT molecular complexity index is 339. The molecule has 2 nitrogen and oxygen atoms in total. The maximum absolute atomic E-state index is 10.7. The predicted molar refractivity (Wildman–Crippen MR) is 58.8 cm³/mol. The van der Waals surface area contributed by atoms with Crippen molar-refractivity contribution in [1.29, 1.82) is 0 Å². The minimum absolute atomic E-state index is 0.751. The van der Waals surface area contributed by atoms with Gasteiger partial charge in [0.05, 0.1) is 0 Å². The highest BCUT2D eigenvalue weighted by molar-refractivity contribution is 5.86. The van der Waals surface area contributed by atoms with Crippen LogP contribution in [-0.2, 0) is 4.79 Å². The Balaban J connectivity index is 3.21. The van der Waals surface area contributed by atoms with Gasteiger partial charge in [-0.3, -0.25) is 4.79 Å². The van der Waals surface area contributed by atoms with E-state index in [9.17, 15) is 4.79 Å². The molecule has 0 N–H and O–H groups in total. The molecule has 0 bridgehead atoms. The molecule has 0 unspecified atom stereocenters. The largest absolute Gasteiger partial charge is 0.377 e. The smallest absolute Gasteiger partial charge is 0.147 e. The number of hydrogen-bond acceptors (Lipinski definition) is 2. The third-order valence-corrected chi connectivity index (χ3v) is 2.04. The van der Waals surface area contributed by atoms with Crippen molar-refractivity contribution in [3.63, 3.8) is 0 Å². The number of hydrogen-bond donors (Lipinski definition) is 0. The highest BCUT2D eigenvalue weighted by Gasteiger charge is 2.06. The first-order chi connectivity index (χ1) is 6.66. The van der Waals surface area contributed by atoms with E-state index in [1.807, 2.05) is 56.3 Å². The Morgan fingerprint density at radius 1 is 1.21 bits per heavy atom. The molecule has 0 amide bonds. The number of benzene rings is 1. The quantitative estimate of drug-likeness (QED) is 0.536. The minimum Gasteiger partial charge on any atom is -0.377 e. The van der Waals surface area contributed by atoms with Crippen LogP contribution in [-0.4, -0.2) is 25.3 Å². The van der Waals surface area contributed by atoms with Gasteiger partial charge in [0.1, 0.15) is 6.29 Å². The van der Waals surface area contributed by atoms with E-state index in [0.717, 1.165) is 23.1 Å². The lowest BCUT2D eigenvalue weighted by Crippen LogP contribution is -2.12. The molecule has 1 aromatic carbocycles. The van der Waals surface area contributed by atoms with Gasteiger partial charge in [-0.05, 0) is 12.5 Å². The predicted octanol–water partition coefficient (Wildman–Crippen LogP) is 2.18. The fraction of sp³-hybridized carbons (Fsp3) is 0.250. The van der Waals surface area contributed by atoms with Crippen molar-refractivity contribution >= 4 is 12.0 Å². The second-order valence-electron chi connectivity index (χ2n) is 3.41. The molecule has 0 saturated carbocycles. The second-order valence-corrected chi connectivity index (χ2v) is 3.41. The van der Waals surface area contributed by atoms with Gasteiger partial charge in [0, 0.05) is 25.4 Å². The SMILES string of the molecule is C/C(C=O)=C(\c1ccccc1)N(C)C. The van der Waals surface area contributed by atoms with E-state index in [4.69, 9.17) is 0 Å². The van der Waals surface area contributed by atoms with Crippen LogP contribution in [0, 0.1) is 0 Å². The number of aldehydes is 1. The molecule has 0 fully saturated rings. The van der Waals surface area contributed by atoms with E-state index in [1.165, 1.54) is 0 Å². The molecule has 2 heteroatoms. The van der Waals surface area contributed by atoms with Gasteiger partial charge in [-0.15, -0.1) is 0 Å². The Labute approximate surface area is 84.9 Å². The van der Waals surface area contributed by atoms with Gasteiger partial charge in [-0.25, -0.2) is 0 Å². The summed E-state index contributed by atoms with van der Waals surface area (Å²) in [5, 5.41) is 0. The third-order valence-electron chi connectivity index (χ3n) is 2.04. The van der Waals surface area contributed by atoms with Crippen LogP contribution in [0.15, 0.2) is 35.9 Å². The van der Waals surface area contributed by atoms with Crippen LogP contribution in [0.25, 0.3) is 5.70 Å². The molecule has 14 heavy (non-hydrogen) atoms. The van der Waals surface area contributed by atoms with Crippen LogP contribution < -0.4 is 0 Å². The van der Waals surface area contributed by atoms with Crippen LogP contribution in [0.3, 0.4) is 0 Å². The standard InChI is InChI=1S/C12H15NO/c1-10(9-14)12(13(2)3)11-7-5-4-6-8-11/h4-9H,1-3H3/b12-10-. The molecule has 0 heterocycles. The Morgan fingerprint density at radius 2 is 1.79 bits per heavy atom. The zero-order valence-electron chi connectivity index (χ0n) is 8.82. The van der Waals surface area contributed by atoms with Crippen molar-refractivity contribution in [3.8, 4) is 0 Å². The van der Waals surface area contributed by atoms with Crippen molar-refractivity contribution in [3.05, 3.63) is 41.5 Å². The first-order valence-corrected chi connectivity index (χ1v) is 4.55. The van der Waals surface area contributed by atoms with E-state index >= 15 is 0 Å². The lowest BCUT2D eigenvalue weighted by atomic mass is 10.1. The normalized spacial score (nSPS) is 11.9. The van der Waals surface area contributed by atoms with Crippen LogP contribution in [0.2, 0.25) is 0 Å². The molecule has 0 aliphatic heterocycles. The number of rotatable bonds is 3. The number of allylic oxidation sites excluding steroid dienone is 1. The number of carbonyl (C=O) groups excluding carboxylic acids is 1. The fourth-order valence-corrected chi connectivity index (χ4v) is 1.49. The summed E-state index contributed by atoms with van der Waals surface area (Å²) in [5.41, 5.74) is 2.80. The average Bonchev–Trinajstić information content (AvgIpc) is 2.19. The maximum Gasteiger partial charge on any atom is 0.147 e. The Kier molecular flexibility index (Phi) is 3.46.